The Labute approximate surface area is 113 Å². The molecule has 1 saturated heterocycles. The van der Waals surface area contributed by atoms with Crippen molar-refractivity contribution in [3.63, 3.8) is 0 Å². The Morgan fingerprint density at radius 2 is 2.06 bits per heavy atom. The molecule has 1 N–H and O–H groups in total. The molecule has 2 fully saturated rings. The van der Waals surface area contributed by atoms with E-state index in [1.165, 1.54) is 38.5 Å². The third-order valence-corrected chi connectivity index (χ3v) is 4.87. The van der Waals surface area contributed by atoms with Gasteiger partial charge in [0.05, 0.1) is 0 Å². The summed E-state index contributed by atoms with van der Waals surface area (Å²) in [5.74, 6) is 1.94. The zero-order valence-corrected chi connectivity index (χ0v) is 11.9. The van der Waals surface area contributed by atoms with Crippen molar-refractivity contribution in [3.05, 3.63) is 4.77 Å². The maximum Gasteiger partial charge on any atom is 0.225 e. The molecule has 1 aromatic heterocycles. The minimum absolute atomic E-state index is 0.697. The summed E-state index contributed by atoms with van der Waals surface area (Å²) < 4.78 is 2.88. The van der Waals surface area contributed by atoms with Gasteiger partial charge in [-0.15, -0.1) is 5.10 Å². The number of nitrogens with zero attached hydrogens (tertiary/aromatic N) is 3. The SMILES string of the molecule is CCn1c(N2CCCC2C2CCCC2)n[nH]c1=S. The summed E-state index contributed by atoms with van der Waals surface area (Å²) in [6, 6.07) is 0.697. The van der Waals surface area contributed by atoms with Crippen molar-refractivity contribution in [1.82, 2.24) is 14.8 Å². The van der Waals surface area contributed by atoms with Crippen molar-refractivity contribution in [2.45, 2.75) is 58.0 Å². The highest BCUT2D eigenvalue weighted by Gasteiger charge is 2.35. The molecule has 18 heavy (non-hydrogen) atoms. The second-order valence-electron chi connectivity index (χ2n) is 5.52. The lowest BCUT2D eigenvalue weighted by atomic mass is 9.96. The molecule has 1 aromatic rings. The van der Waals surface area contributed by atoms with Crippen LogP contribution in [0.4, 0.5) is 5.95 Å². The Morgan fingerprint density at radius 1 is 1.28 bits per heavy atom. The molecule has 1 atom stereocenters. The second-order valence-corrected chi connectivity index (χ2v) is 5.91. The number of rotatable bonds is 3. The minimum atomic E-state index is 0.697. The molecule has 0 amide bonds. The summed E-state index contributed by atoms with van der Waals surface area (Å²) in [6.45, 7) is 4.18. The fourth-order valence-electron chi connectivity index (χ4n) is 3.69. The Morgan fingerprint density at radius 3 is 2.78 bits per heavy atom. The Hall–Kier alpha value is -0.840. The number of nitrogens with one attached hydrogen (secondary N) is 1. The van der Waals surface area contributed by atoms with Gasteiger partial charge in [0, 0.05) is 19.1 Å². The van der Waals surface area contributed by atoms with Crippen LogP contribution in [0, 0.1) is 10.7 Å². The molecule has 1 saturated carbocycles. The van der Waals surface area contributed by atoms with Gasteiger partial charge >= 0.3 is 0 Å². The van der Waals surface area contributed by atoms with E-state index in [1.807, 2.05) is 0 Å². The van der Waals surface area contributed by atoms with E-state index in [2.05, 4.69) is 26.6 Å². The average Bonchev–Trinajstić information content (AvgIpc) is 3.07. The second kappa shape index (κ2) is 5.03. The molecule has 1 aliphatic carbocycles. The summed E-state index contributed by atoms with van der Waals surface area (Å²) in [7, 11) is 0. The first-order valence-electron chi connectivity index (χ1n) is 7.23. The summed E-state index contributed by atoms with van der Waals surface area (Å²) in [5.41, 5.74) is 0. The largest absolute Gasteiger partial charge is 0.338 e. The van der Waals surface area contributed by atoms with Gasteiger partial charge in [-0.2, -0.15) is 0 Å². The van der Waals surface area contributed by atoms with Gasteiger partial charge in [-0.25, -0.2) is 5.10 Å². The van der Waals surface area contributed by atoms with E-state index in [4.69, 9.17) is 12.2 Å². The molecule has 1 unspecified atom stereocenters. The topological polar surface area (TPSA) is 36.9 Å². The standard InChI is InChI=1S/C13H22N4S/c1-2-16-12(14-15-13(16)18)17-9-5-8-11(17)10-6-3-4-7-10/h10-11H,2-9H2,1H3,(H,15,18). The van der Waals surface area contributed by atoms with Gasteiger partial charge in [-0.05, 0) is 50.7 Å². The lowest BCUT2D eigenvalue weighted by Crippen LogP contribution is -2.36. The number of aromatic nitrogens is 3. The quantitative estimate of drug-likeness (QED) is 0.854. The van der Waals surface area contributed by atoms with E-state index in [1.54, 1.807) is 0 Å². The predicted molar refractivity (Wildman–Crippen MR) is 75.4 cm³/mol. The highest BCUT2D eigenvalue weighted by atomic mass is 32.1. The van der Waals surface area contributed by atoms with Crippen LogP contribution in [0.5, 0.6) is 0 Å². The van der Waals surface area contributed by atoms with E-state index >= 15 is 0 Å². The van der Waals surface area contributed by atoms with Crippen molar-refractivity contribution in [1.29, 1.82) is 0 Å². The van der Waals surface area contributed by atoms with Crippen LogP contribution < -0.4 is 4.90 Å². The molecule has 2 aliphatic rings. The van der Waals surface area contributed by atoms with Gasteiger partial charge in [0.25, 0.3) is 0 Å². The molecule has 0 bridgehead atoms. The van der Waals surface area contributed by atoms with Gasteiger partial charge in [0.2, 0.25) is 5.95 Å². The van der Waals surface area contributed by atoms with Gasteiger partial charge in [-0.1, -0.05) is 12.8 Å². The van der Waals surface area contributed by atoms with Crippen molar-refractivity contribution in [3.8, 4) is 0 Å². The van der Waals surface area contributed by atoms with E-state index in [0.717, 1.165) is 29.7 Å². The molecule has 0 aromatic carbocycles. The first-order valence-corrected chi connectivity index (χ1v) is 7.64. The molecular formula is C13H22N4S. The molecule has 100 valence electrons. The van der Waals surface area contributed by atoms with Crippen LogP contribution in [0.25, 0.3) is 0 Å². The first kappa shape index (κ1) is 12.2. The van der Waals surface area contributed by atoms with Crippen LogP contribution in [0.3, 0.4) is 0 Å². The Bertz CT molecular complexity index is 458. The summed E-state index contributed by atoms with van der Waals surface area (Å²) in [4.78, 5) is 2.51. The van der Waals surface area contributed by atoms with Gasteiger partial charge < -0.3 is 4.90 Å². The predicted octanol–water partition coefficient (Wildman–Crippen LogP) is 3.12. The normalized spacial score (nSPS) is 25.2. The van der Waals surface area contributed by atoms with Crippen molar-refractivity contribution in [2.75, 3.05) is 11.4 Å². The number of hydrogen-bond acceptors (Lipinski definition) is 3. The zero-order valence-electron chi connectivity index (χ0n) is 11.1. The lowest BCUT2D eigenvalue weighted by molar-refractivity contribution is 0.424. The monoisotopic (exact) mass is 266 g/mol. The van der Waals surface area contributed by atoms with E-state index in [-0.39, 0.29) is 0 Å². The summed E-state index contributed by atoms with van der Waals surface area (Å²) in [6.07, 6.45) is 8.25. The summed E-state index contributed by atoms with van der Waals surface area (Å²) in [5, 5.41) is 7.41. The van der Waals surface area contributed by atoms with Crippen LogP contribution >= 0.6 is 12.2 Å². The molecule has 0 spiro atoms. The van der Waals surface area contributed by atoms with Crippen molar-refractivity contribution >= 4 is 18.2 Å². The van der Waals surface area contributed by atoms with Gasteiger partial charge in [-0.3, -0.25) is 4.57 Å². The molecule has 1 aliphatic heterocycles. The lowest BCUT2D eigenvalue weighted by Gasteiger charge is -2.30. The smallest absolute Gasteiger partial charge is 0.225 e. The van der Waals surface area contributed by atoms with Crippen LogP contribution in [0.15, 0.2) is 0 Å². The van der Waals surface area contributed by atoms with Gasteiger partial charge in [0.1, 0.15) is 0 Å². The molecular weight excluding hydrogens is 244 g/mol. The van der Waals surface area contributed by atoms with E-state index in [0.29, 0.717) is 6.04 Å². The van der Waals surface area contributed by atoms with Crippen LogP contribution in [0.2, 0.25) is 0 Å². The number of H-pyrrole nitrogens is 1. The minimum Gasteiger partial charge on any atom is -0.338 e. The number of hydrogen-bond donors (Lipinski definition) is 1. The van der Waals surface area contributed by atoms with Crippen LogP contribution in [-0.2, 0) is 6.54 Å². The van der Waals surface area contributed by atoms with E-state index < -0.39 is 0 Å². The maximum atomic E-state index is 5.30. The number of aromatic amines is 1. The molecule has 4 nitrogen and oxygen atoms in total. The molecule has 2 heterocycles. The van der Waals surface area contributed by atoms with Gasteiger partial charge in [0.15, 0.2) is 4.77 Å². The fourth-order valence-corrected chi connectivity index (χ4v) is 3.94. The highest BCUT2D eigenvalue weighted by Crippen LogP contribution is 2.37. The zero-order chi connectivity index (χ0) is 12.5. The van der Waals surface area contributed by atoms with Crippen LogP contribution in [-0.4, -0.2) is 27.4 Å². The van der Waals surface area contributed by atoms with Crippen molar-refractivity contribution in [2.24, 2.45) is 5.92 Å². The van der Waals surface area contributed by atoms with Crippen molar-refractivity contribution < 1.29 is 0 Å². The average molecular weight is 266 g/mol. The third-order valence-electron chi connectivity index (χ3n) is 4.55. The molecule has 5 heteroatoms. The third kappa shape index (κ3) is 1.98. The molecule has 0 radical (unpaired) electrons. The Balaban J connectivity index is 1.87. The van der Waals surface area contributed by atoms with Crippen LogP contribution in [0.1, 0.15) is 45.4 Å². The number of anilines is 1. The maximum absolute atomic E-state index is 5.30. The Kier molecular flexibility index (Phi) is 3.41. The summed E-state index contributed by atoms with van der Waals surface area (Å²) >= 11 is 5.30. The highest BCUT2D eigenvalue weighted by molar-refractivity contribution is 7.71. The fraction of sp³-hybridized carbons (Fsp3) is 0.846. The van der Waals surface area contributed by atoms with E-state index in [9.17, 15) is 0 Å². The molecule has 3 rings (SSSR count). The first-order chi connectivity index (χ1) is 8.81.